The summed E-state index contributed by atoms with van der Waals surface area (Å²) in [5, 5.41) is 1.93. The van der Waals surface area contributed by atoms with Crippen LogP contribution in [0.25, 0.3) is 0 Å². The quantitative estimate of drug-likeness (QED) is 0.409. The zero-order valence-electron chi connectivity index (χ0n) is 3.68. The van der Waals surface area contributed by atoms with Crippen molar-refractivity contribution in [1.29, 1.82) is 0 Å². The van der Waals surface area contributed by atoms with Gasteiger partial charge in [-0.25, -0.2) is 0 Å². The third-order valence-electron chi connectivity index (χ3n) is 0.384. The van der Waals surface area contributed by atoms with E-state index in [9.17, 15) is 0 Å². The van der Waals surface area contributed by atoms with Gasteiger partial charge < -0.3 is 15.1 Å². The summed E-state index contributed by atoms with van der Waals surface area (Å²) in [6.45, 7) is 0.782. The molecule has 0 atom stereocenters. The van der Waals surface area contributed by atoms with Crippen molar-refractivity contribution in [3.63, 3.8) is 0 Å². The Morgan fingerprint density at radius 1 is 1.43 bits per heavy atom. The molecule has 0 spiro atoms. The molecule has 0 aromatic rings. The molecule has 1 aliphatic rings. The van der Waals surface area contributed by atoms with Crippen molar-refractivity contribution in [2.45, 2.75) is 0 Å². The summed E-state index contributed by atoms with van der Waals surface area (Å²) in [5.74, 6) is 0. The summed E-state index contributed by atoms with van der Waals surface area (Å²) >= 11 is 1.39. The maximum atomic E-state index is 4.75. The number of hydrogen-bond acceptors (Lipinski definition) is 2. The molecule has 0 radical (unpaired) electrons. The summed E-state index contributed by atoms with van der Waals surface area (Å²) in [5.41, 5.74) is 0. The van der Waals surface area contributed by atoms with E-state index in [4.69, 9.17) is 4.18 Å². The summed E-state index contributed by atoms with van der Waals surface area (Å²) in [6.07, 6.45) is 1.98. The van der Waals surface area contributed by atoms with Gasteiger partial charge in [0.25, 0.3) is 0 Å². The molecule has 0 bridgehead atoms. The van der Waals surface area contributed by atoms with Crippen LogP contribution in [0, 0.1) is 0 Å². The van der Waals surface area contributed by atoms with Crippen LogP contribution in [0.2, 0.25) is 0 Å². The molecular formula is C3H8O3S. The molecule has 0 aromatic carbocycles. The van der Waals surface area contributed by atoms with Gasteiger partial charge in [0.1, 0.15) is 0 Å². The van der Waals surface area contributed by atoms with Gasteiger partial charge in [-0.3, -0.25) is 0 Å². The highest BCUT2D eigenvalue weighted by Crippen LogP contribution is 2.09. The maximum absolute atomic E-state index is 4.75. The largest absolute Gasteiger partial charge is 0.412 e. The predicted octanol–water partition coefficient (Wildman–Crippen LogP) is -0.471. The van der Waals surface area contributed by atoms with Gasteiger partial charge in [-0.1, -0.05) is 0 Å². The Kier molecular flexibility index (Phi) is 8.58. The third kappa shape index (κ3) is 3.81. The van der Waals surface area contributed by atoms with E-state index in [1.165, 1.54) is 12.0 Å². The van der Waals surface area contributed by atoms with Crippen LogP contribution in [0.5, 0.6) is 0 Å². The van der Waals surface area contributed by atoms with Crippen molar-refractivity contribution < 1.29 is 15.1 Å². The monoisotopic (exact) mass is 124 g/mol. The van der Waals surface area contributed by atoms with Gasteiger partial charge in [0.2, 0.25) is 0 Å². The SMILES string of the molecule is C1=CSOC1.O.O. The first-order valence-corrected chi connectivity index (χ1v) is 2.24. The lowest BCUT2D eigenvalue weighted by Gasteiger charge is -1.75. The minimum Gasteiger partial charge on any atom is -0.412 e. The molecule has 0 aliphatic carbocycles. The van der Waals surface area contributed by atoms with E-state index < -0.39 is 0 Å². The highest BCUT2D eigenvalue weighted by atomic mass is 32.2. The van der Waals surface area contributed by atoms with E-state index in [-0.39, 0.29) is 11.0 Å². The fourth-order valence-electron chi connectivity index (χ4n) is 0.196. The fraction of sp³-hybridized carbons (Fsp3) is 0.333. The topological polar surface area (TPSA) is 72.2 Å². The summed E-state index contributed by atoms with van der Waals surface area (Å²) in [6, 6.07) is 0. The molecule has 0 amide bonds. The third-order valence-corrected chi connectivity index (χ3v) is 0.960. The van der Waals surface area contributed by atoms with Crippen LogP contribution in [-0.2, 0) is 4.18 Å². The average Bonchev–Trinajstić information content (AvgIpc) is 1.76. The van der Waals surface area contributed by atoms with Crippen LogP contribution in [0.1, 0.15) is 0 Å². The van der Waals surface area contributed by atoms with Gasteiger partial charge in [-0.05, 0) is 11.5 Å². The van der Waals surface area contributed by atoms with Gasteiger partial charge in [-0.15, -0.1) is 0 Å². The molecule has 0 saturated carbocycles. The van der Waals surface area contributed by atoms with Gasteiger partial charge >= 0.3 is 0 Å². The van der Waals surface area contributed by atoms with E-state index in [2.05, 4.69) is 0 Å². The van der Waals surface area contributed by atoms with E-state index >= 15 is 0 Å². The molecule has 0 unspecified atom stereocenters. The molecule has 7 heavy (non-hydrogen) atoms. The van der Waals surface area contributed by atoms with Crippen LogP contribution < -0.4 is 0 Å². The zero-order valence-corrected chi connectivity index (χ0v) is 4.49. The molecule has 1 aliphatic heterocycles. The van der Waals surface area contributed by atoms with Crippen molar-refractivity contribution in [3.8, 4) is 0 Å². The molecule has 0 saturated heterocycles. The summed E-state index contributed by atoms with van der Waals surface area (Å²) < 4.78 is 4.75. The molecule has 1 rings (SSSR count). The summed E-state index contributed by atoms with van der Waals surface area (Å²) in [7, 11) is 0. The van der Waals surface area contributed by atoms with E-state index in [0.717, 1.165) is 6.61 Å². The standard InChI is InChI=1S/C3H4OS.2H2O/c1-2-4-5-3-1;;/h1,3H,2H2;2*1H2. The Balaban J connectivity index is 0. The lowest BCUT2D eigenvalue weighted by molar-refractivity contribution is 0.442. The predicted molar refractivity (Wildman–Crippen MR) is 29.9 cm³/mol. The average molecular weight is 124 g/mol. The normalized spacial score (nSPS) is 14.9. The van der Waals surface area contributed by atoms with Gasteiger partial charge in [0, 0.05) is 12.0 Å². The highest BCUT2D eigenvalue weighted by molar-refractivity contribution is 7.97. The smallest absolute Gasteiger partial charge is 0.0808 e. The summed E-state index contributed by atoms with van der Waals surface area (Å²) in [4.78, 5) is 0. The van der Waals surface area contributed by atoms with Crippen molar-refractivity contribution in [2.24, 2.45) is 0 Å². The molecule has 4 heteroatoms. The molecule has 1 heterocycles. The first-order chi connectivity index (χ1) is 2.50. The van der Waals surface area contributed by atoms with E-state index in [1.54, 1.807) is 0 Å². The Bertz CT molecular complexity index is 48.1. The zero-order chi connectivity index (χ0) is 3.54. The first-order valence-electron chi connectivity index (χ1n) is 1.43. The maximum Gasteiger partial charge on any atom is 0.0808 e. The van der Waals surface area contributed by atoms with Gasteiger partial charge in [0.15, 0.2) is 0 Å². The lowest BCUT2D eigenvalue weighted by Crippen LogP contribution is -1.64. The van der Waals surface area contributed by atoms with E-state index in [0.29, 0.717) is 0 Å². The fourth-order valence-corrected chi connectivity index (χ4v) is 0.589. The Morgan fingerprint density at radius 3 is 2.29 bits per heavy atom. The Labute approximate surface area is 46.2 Å². The number of hydrogen-bond donors (Lipinski definition) is 0. The molecule has 0 fully saturated rings. The van der Waals surface area contributed by atoms with Crippen molar-refractivity contribution in [2.75, 3.05) is 6.61 Å². The second kappa shape index (κ2) is 5.97. The van der Waals surface area contributed by atoms with Crippen LogP contribution >= 0.6 is 12.0 Å². The molecule has 44 valence electrons. The molecule has 0 aromatic heterocycles. The first kappa shape index (κ1) is 10.1. The minimum absolute atomic E-state index is 0. The lowest BCUT2D eigenvalue weighted by atomic mass is 10.7. The van der Waals surface area contributed by atoms with Crippen molar-refractivity contribution >= 4 is 12.0 Å². The molecular weight excluding hydrogens is 116 g/mol. The molecule has 3 nitrogen and oxygen atoms in total. The van der Waals surface area contributed by atoms with Crippen LogP contribution in [0.3, 0.4) is 0 Å². The van der Waals surface area contributed by atoms with Gasteiger partial charge in [0.05, 0.1) is 6.61 Å². The van der Waals surface area contributed by atoms with Crippen molar-refractivity contribution in [1.82, 2.24) is 0 Å². The van der Waals surface area contributed by atoms with Crippen LogP contribution in [0.15, 0.2) is 11.5 Å². The van der Waals surface area contributed by atoms with Crippen LogP contribution in [0.4, 0.5) is 0 Å². The second-order valence-corrected chi connectivity index (χ2v) is 1.45. The minimum atomic E-state index is 0. The van der Waals surface area contributed by atoms with Crippen molar-refractivity contribution in [3.05, 3.63) is 11.5 Å². The highest BCUT2D eigenvalue weighted by Gasteiger charge is 1.84. The van der Waals surface area contributed by atoms with Gasteiger partial charge in [-0.2, -0.15) is 0 Å². The number of rotatable bonds is 0. The second-order valence-electron chi connectivity index (χ2n) is 0.753. The Hall–Kier alpha value is -0.0300. The Morgan fingerprint density at radius 2 is 2.14 bits per heavy atom. The van der Waals surface area contributed by atoms with Crippen LogP contribution in [-0.4, -0.2) is 17.6 Å². The van der Waals surface area contributed by atoms with E-state index in [1.807, 2.05) is 11.5 Å². The molecule has 4 N–H and O–H groups in total.